The number of rotatable bonds is 8. The van der Waals surface area contributed by atoms with Gasteiger partial charge in [-0.3, -0.25) is 0 Å². The zero-order valence-electron chi connectivity index (χ0n) is 13.7. The second-order valence-electron chi connectivity index (χ2n) is 6.88. The molecular formula is C17H33NO2S. The summed E-state index contributed by atoms with van der Waals surface area (Å²) in [4.78, 5) is 0. The van der Waals surface area contributed by atoms with E-state index in [9.17, 15) is 5.11 Å². The fourth-order valence-corrected chi connectivity index (χ4v) is 4.79. The van der Waals surface area contributed by atoms with Crippen LogP contribution in [0.5, 0.6) is 0 Å². The molecule has 2 aliphatic rings. The number of ether oxygens (including phenoxy) is 1. The highest BCUT2D eigenvalue weighted by atomic mass is 32.2. The fourth-order valence-electron chi connectivity index (χ4n) is 3.65. The number of hydrogen-bond donors (Lipinski definition) is 2. The molecule has 0 aromatic heterocycles. The van der Waals surface area contributed by atoms with Crippen LogP contribution in [0.1, 0.15) is 58.8 Å². The van der Waals surface area contributed by atoms with Gasteiger partial charge in [0.1, 0.15) is 0 Å². The maximum Gasteiger partial charge on any atom is 0.0897 e. The van der Waals surface area contributed by atoms with E-state index in [1.807, 2.05) is 0 Å². The SMILES string of the molecule is CCSC1CCC(NCC(O)COC2CCCC(C)C2)C1. The molecule has 0 amide bonds. The lowest BCUT2D eigenvalue weighted by atomic mass is 9.89. The Kier molecular flexibility index (Phi) is 7.86. The van der Waals surface area contributed by atoms with E-state index in [0.29, 0.717) is 25.3 Å². The summed E-state index contributed by atoms with van der Waals surface area (Å²) in [5.41, 5.74) is 0. The van der Waals surface area contributed by atoms with Crippen molar-refractivity contribution < 1.29 is 9.84 Å². The molecule has 0 heterocycles. The number of aliphatic hydroxyl groups is 1. The van der Waals surface area contributed by atoms with Crippen LogP contribution in [0.25, 0.3) is 0 Å². The van der Waals surface area contributed by atoms with Crippen LogP contribution in [0.2, 0.25) is 0 Å². The zero-order valence-corrected chi connectivity index (χ0v) is 14.5. The van der Waals surface area contributed by atoms with Crippen molar-refractivity contribution in [2.45, 2.75) is 82.3 Å². The summed E-state index contributed by atoms with van der Waals surface area (Å²) in [6.45, 7) is 5.71. The maximum absolute atomic E-state index is 10.1. The van der Waals surface area contributed by atoms with E-state index in [1.165, 1.54) is 50.7 Å². The third-order valence-corrected chi connectivity index (χ3v) is 6.07. The first kappa shape index (κ1) is 17.6. The highest BCUT2D eigenvalue weighted by Gasteiger charge is 2.25. The van der Waals surface area contributed by atoms with Gasteiger partial charge in [-0.25, -0.2) is 0 Å². The first-order valence-corrected chi connectivity index (χ1v) is 9.86. The molecule has 0 saturated heterocycles. The minimum Gasteiger partial charge on any atom is -0.389 e. The quantitative estimate of drug-likeness (QED) is 0.722. The summed E-state index contributed by atoms with van der Waals surface area (Å²) in [6.07, 6.45) is 8.80. The molecule has 5 unspecified atom stereocenters. The molecule has 0 aliphatic heterocycles. The van der Waals surface area contributed by atoms with E-state index in [1.54, 1.807) is 0 Å². The monoisotopic (exact) mass is 315 g/mol. The third-order valence-electron chi connectivity index (χ3n) is 4.84. The van der Waals surface area contributed by atoms with E-state index < -0.39 is 0 Å². The van der Waals surface area contributed by atoms with E-state index in [4.69, 9.17) is 4.74 Å². The molecule has 2 N–H and O–H groups in total. The highest BCUT2D eigenvalue weighted by molar-refractivity contribution is 7.99. The lowest BCUT2D eigenvalue weighted by Crippen LogP contribution is -2.37. The third kappa shape index (κ3) is 6.47. The van der Waals surface area contributed by atoms with Gasteiger partial charge < -0.3 is 15.2 Å². The van der Waals surface area contributed by atoms with Crippen LogP contribution in [-0.2, 0) is 4.74 Å². The van der Waals surface area contributed by atoms with Gasteiger partial charge in [-0.1, -0.05) is 26.7 Å². The van der Waals surface area contributed by atoms with Crippen LogP contribution in [0.15, 0.2) is 0 Å². The maximum atomic E-state index is 10.1. The van der Waals surface area contributed by atoms with Crippen molar-refractivity contribution in [3.8, 4) is 0 Å². The molecule has 124 valence electrons. The van der Waals surface area contributed by atoms with Crippen LogP contribution in [0.3, 0.4) is 0 Å². The molecule has 2 fully saturated rings. The van der Waals surface area contributed by atoms with Gasteiger partial charge in [0, 0.05) is 17.8 Å². The lowest BCUT2D eigenvalue weighted by Gasteiger charge is -2.28. The second kappa shape index (κ2) is 9.39. The molecule has 2 rings (SSSR count). The zero-order chi connectivity index (χ0) is 15.1. The minimum absolute atomic E-state index is 0.361. The first-order chi connectivity index (χ1) is 10.2. The van der Waals surface area contributed by atoms with Gasteiger partial charge in [0.25, 0.3) is 0 Å². The molecule has 0 aromatic rings. The Morgan fingerprint density at radius 1 is 1.24 bits per heavy atom. The van der Waals surface area contributed by atoms with E-state index in [0.717, 1.165) is 11.2 Å². The summed E-state index contributed by atoms with van der Waals surface area (Å²) < 4.78 is 5.90. The molecule has 0 radical (unpaired) electrons. The van der Waals surface area contributed by atoms with Gasteiger partial charge in [0.15, 0.2) is 0 Å². The summed E-state index contributed by atoms with van der Waals surface area (Å²) in [6, 6.07) is 0.596. The smallest absolute Gasteiger partial charge is 0.0897 e. The predicted octanol–water partition coefficient (Wildman–Crippen LogP) is 3.21. The second-order valence-corrected chi connectivity index (χ2v) is 8.45. The lowest BCUT2D eigenvalue weighted by molar-refractivity contribution is -0.0311. The molecule has 3 nitrogen and oxygen atoms in total. The van der Waals surface area contributed by atoms with Crippen LogP contribution < -0.4 is 5.32 Å². The average molecular weight is 316 g/mol. The van der Waals surface area contributed by atoms with Crippen molar-refractivity contribution in [1.29, 1.82) is 0 Å². The molecule has 0 bridgehead atoms. The van der Waals surface area contributed by atoms with Crippen LogP contribution in [-0.4, -0.2) is 47.5 Å². The van der Waals surface area contributed by atoms with Gasteiger partial charge in [-0.05, 0) is 43.8 Å². The standard InChI is InChI=1S/C17H33NO2S/c1-3-21-17-8-7-14(10-17)18-11-15(19)12-20-16-6-4-5-13(2)9-16/h13-19H,3-12H2,1-2H3. The van der Waals surface area contributed by atoms with E-state index >= 15 is 0 Å². The normalized spacial score (nSPS) is 35.0. The summed E-state index contributed by atoms with van der Waals surface area (Å²) >= 11 is 2.08. The fraction of sp³-hybridized carbons (Fsp3) is 1.00. The molecule has 21 heavy (non-hydrogen) atoms. The van der Waals surface area contributed by atoms with Crippen molar-refractivity contribution >= 4 is 11.8 Å². The number of nitrogens with one attached hydrogen (secondary N) is 1. The van der Waals surface area contributed by atoms with Crippen molar-refractivity contribution in [2.24, 2.45) is 5.92 Å². The van der Waals surface area contributed by atoms with Gasteiger partial charge in [-0.2, -0.15) is 11.8 Å². The topological polar surface area (TPSA) is 41.5 Å². The Morgan fingerprint density at radius 2 is 2.10 bits per heavy atom. The minimum atomic E-state index is -0.361. The Morgan fingerprint density at radius 3 is 2.86 bits per heavy atom. The van der Waals surface area contributed by atoms with Crippen molar-refractivity contribution in [1.82, 2.24) is 5.32 Å². The van der Waals surface area contributed by atoms with Crippen molar-refractivity contribution in [3.63, 3.8) is 0 Å². The average Bonchev–Trinajstić information content (AvgIpc) is 2.91. The van der Waals surface area contributed by atoms with E-state index in [2.05, 4.69) is 30.9 Å². The molecule has 2 aliphatic carbocycles. The van der Waals surface area contributed by atoms with Crippen molar-refractivity contribution in [3.05, 3.63) is 0 Å². The highest BCUT2D eigenvalue weighted by Crippen LogP contribution is 2.29. The summed E-state index contributed by atoms with van der Waals surface area (Å²) in [5.74, 6) is 2.00. The molecule has 4 heteroatoms. The number of aliphatic hydroxyl groups excluding tert-OH is 1. The summed E-state index contributed by atoms with van der Waals surface area (Å²) in [7, 11) is 0. The van der Waals surface area contributed by atoms with Crippen LogP contribution in [0.4, 0.5) is 0 Å². The van der Waals surface area contributed by atoms with Gasteiger partial charge in [-0.15, -0.1) is 0 Å². The van der Waals surface area contributed by atoms with Gasteiger partial charge in [0.2, 0.25) is 0 Å². The Labute approximate surface area is 134 Å². The van der Waals surface area contributed by atoms with Crippen LogP contribution >= 0.6 is 11.8 Å². The van der Waals surface area contributed by atoms with Crippen molar-refractivity contribution in [2.75, 3.05) is 18.9 Å². The summed E-state index contributed by atoms with van der Waals surface area (Å²) in [5, 5.41) is 14.4. The molecule has 0 aromatic carbocycles. The predicted molar refractivity (Wildman–Crippen MR) is 90.9 cm³/mol. The van der Waals surface area contributed by atoms with E-state index in [-0.39, 0.29) is 6.10 Å². The Bertz CT molecular complexity index is 290. The first-order valence-electron chi connectivity index (χ1n) is 8.82. The molecule has 2 saturated carbocycles. The van der Waals surface area contributed by atoms with Crippen LogP contribution in [0, 0.1) is 5.92 Å². The molecule has 5 atom stereocenters. The number of hydrogen-bond acceptors (Lipinski definition) is 4. The Balaban J connectivity index is 1.54. The van der Waals surface area contributed by atoms with Gasteiger partial charge in [0.05, 0.1) is 18.8 Å². The Hall–Kier alpha value is 0.230. The van der Waals surface area contributed by atoms with Gasteiger partial charge >= 0.3 is 0 Å². The number of thioether (sulfide) groups is 1. The molecule has 0 spiro atoms. The molecular weight excluding hydrogens is 282 g/mol. The largest absolute Gasteiger partial charge is 0.389 e.